The summed E-state index contributed by atoms with van der Waals surface area (Å²) in [5.41, 5.74) is 0. The second-order valence-electron chi connectivity index (χ2n) is 4.67. The Morgan fingerprint density at radius 1 is 1.31 bits per heavy atom. The maximum Gasteiger partial charge on any atom is 0.0524 e. The molecule has 2 heteroatoms. The highest BCUT2D eigenvalue weighted by atomic mass is 16.3. The number of aliphatic hydroxyl groups is 1. The molecule has 1 atom stereocenters. The summed E-state index contributed by atoms with van der Waals surface area (Å²) in [6.45, 7) is 8.64. The van der Waals surface area contributed by atoms with Crippen molar-refractivity contribution in [3.8, 4) is 0 Å². The van der Waals surface area contributed by atoms with Crippen LogP contribution in [0.15, 0.2) is 0 Å². The van der Waals surface area contributed by atoms with Gasteiger partial charge < -0.3 is 10.0 Å². The van der Waals surface area contributed by atoms with Crippen molar-refractivity contribution in [1.29, 1.82) is 0 Å². The smallest absolute Gasteiger partial charge is 0.0524 e. The fourth-order valence-electron chi connectivity index (χ4n) is 1.55. The van der Waals surface area contributed by atoms with Crippen molar-refractivity contribution < 1.29 is 5.11 Å². The first kappa shape index (κ1) is 11.0. The monoisotopic (exact) mass is 185 g/mol. The van der Waals surface area contributed by atoms with E-state index in [0.717, 1.165) is 18.9 Å². The molecule has 0 radical (unpaired) electrons. The zero-order chi connectivity index (χ0) is 9.84. The molecule has 1 aliphatic rings. The predicted octanol–water partition coefficient (Wildman–Crippen LogP) is 1.88. The van der Waals surface area contributed by atoms with E-state index < -0.39 is 0 Å². The van der Waals surface area contributed by atoms with E-state index in [-0.39, 0.29) is 6.10 Å². The van der Waals surface area contributed by atoms with E-state index in [2.05, 4.69) is 18.7 Å². The van der Waals surface area contributed by atoms with Crippen molar-refractivity contribution in [2.45, 2.75) is 52.2 Å². The Hall–Kier alpha value is -0.0800. The lowest BCUT2D eigenvalue weighted by molar-refractivity contribution is 0.139. The van der Waals surface area contributed by atoms with Crippen molar-refractivity contribution in [2.75, 3.05) is 13.1 Å². The van der Waals surface area contributed by atoms with Crippen LogP contribution in [0.5, 0.6) is 0 Å². The van der Waals surface area contributed by atoms with E-state index in [1.165, 1.54) is 19.4 Å². The lowest BCUT2D eigenvalue weighted by Gasteiger charge is -2.26. The van der Waals surface area contributed by atoms with Crippen LogP contribution in [0.3, 0.4) is 0 Å². The topological polar surface area (TPSA) is 23.5 Å². The predicted molar refractivity (Wildman–Crippen MR) is 55.7 cm³/mol. The Morgan fingerprint density at radius 2 is 1.92 bits per heavy atom. The normalized spacial score (nSPS) is 19.8. The molecule has 1 N–H and O–H groups in total. The zero-order valence-electron chi connectivity index (χ0n) is 9.16. The van der Waals surface area contributed by atoms with E-state index >= 15 is 0 Å². The van der Waals surface area contributed by atoms with Crippen LogP contribution in [0.4, 0.5) is 0 Å². The molecule has 0 aliphatic heterocycles. The van der Waals surface area contributed by atoms with Gasteiger partial charge in [-0.15, -0.1) is 0 Å². The zero-order valence-corrected chi connectivity index (χ0v) is 9.16. The molecule has 0 amide bonds. The molecule has 0 saturated heterocycles. The maximum absolute atomic E-state index is 9.21. The van der Waals surface area contributed by atoms with Crippen LogP contribution in [0.2, 0.25) is 0 Å². The molecular formula is C11H23NO. The first-order valence-electron chi connectivity index (χ1n) is 5.51. The molecule has 1 unspecified atom stereocenters. The van der Waals surface area contributed by atoms with Gasteiger partial charge in [0.05, 0.1) is 6.10 Å². The molecule has 0 aromatic heterocycles. The van der Waals surface area contributed by atoms with E-state index in [1.807, 2.05) is 6.92 Å². The molecule has 0 spiro atoms. The van der Waals surface area contributed by atoms with Gasteiger partial charge in [-0.1, -0.05) is 0 Å². The van der Waals surface area contributed by atoms with Crippen LogP contribution in [0.1, 0.15) is 40.0 Å². The highest BCUT2D eigenvalue weighted by Gasteiger charge is 2.25. The van der Waals surface area contributed by atoms with Gasteiger partial charge in [-0.25, -0.2) is 0 Å². The van der Waals surface area contributed by atoms with Crippen molar-refractivity contribution in [3.05, 3.63) is 0 Å². The van der Waals surface area contributed by atoms with E-state index in [4.69, 9.17) is 0 Å². The quantitative estimate of drug-likeness (QED) is 0.683. The molecule has 0 aromatic rings. The minimum atomic E-state index is -0.152. The van der Waals surface area contributed by atoms with Crippen LogP contribution in [0, 0.1) is 5.92 Å². The molecular weight excluding hydrogens is 162 g/mol. The summed E-state index contributed by atoms with van der Waals surface area (Å²) >= 11 is 0. The first-order valence-corrected chi connectivity index (χ1v) is 5.51. The Balaban J connectivity index is 2.20. The second-order valence-corrected chi connectivity index (χ2v) is 4.67. The molecule has 2 nitrogen and oxygen atoms in total. The summed E-state index contributed by atoms with van der Waals surface area (Å²) in [5.74, 6) is 0.955. The molecule has 1 rings (SSSR count). The summed E-state index contributed by atoms with van der Waals surface area (Å²) in [6, 6.07) is 0.624. The van der Waals surface area contributed by atoms with Crippen molar-refractivity contribution in [2.24, 2.45) is 5.92 Å². The maximum atomic E-state index is 9.21. The minimum absolute atomic E-state index is 0.152. The van der Waals surface area contributed by atoms with Crippen LogP contribution >= 0.6 is 0 Å². The van der Waals surface area contributed by atoms with Crippen LogP contribution in [0.25, 0.3) is 0 Å². The molecule has 13 heavy (non-hydrogen) atoms. The molecule has 1 aliphatic carbocycles. The molecule has 0 aromatic carbocycles. The van der Waals surface area contributed by atoms with Gasteiger partial charge in [0.15, 0.2) is 0 Å². The Bertz CT molecular complexity index is 141. The fourth-order valence-corrected chi connectivity index (χ4v) is 1.55. The number of hydrogen-bond acceptors (Lipinski definition) is 2. The van der Waals surface area contributed by atoms with E-state index in [1.54, 1.807) is 0 Å². The Kier molecular flexibility index (Phi) is 4.20. The molecule has 1 saturated carbocycles. The minimum Gasteiger partial charge on any atom is -0.393 e. The van der Waals surface area contributed by atoms with Crippen LogP contribution in [-0.2, 0) is 0 Å². The molecule has 78 valence electrons. The summed E-state index contributed by atoms with van der Waals surface area (Å²) in [4.78, 5) is 2.49. The van der Waals surface area contributed by atoms with Gasteiger partial charge in [-0.05, 0) is 46.0 Å². The third-order valence-corrected chi connectivity index (χ3v) is 2.75. The van der Waals surface area contributed by atoms with Gasteiger partial charge in [0.25, 0.3) is 0 Å². The van der Waals surface area contributed by atoms with E-state index in [0.29, 0.717) is 6.04 Å². The summed E-state index contributed by atoms with van der Waals surface area (Å²) in [5, 5.41) is 9.21. The number of hydrogen-bond donors (Lipinski definition) is 1. The highest BCUT2D eigenvalue weighted by molar-refractivity contribution is 4.78. The van der Waals surface area contributed by atoms with Crippen molar-refractivity contribution in [1.82, 2.24) is 4.90 Å². The van der Waals surface area contributed by atoms with Crippen molar-refractivity contribution >= 4 is 0 Å². The Labute approximate surface area is 81.9 Å². The van der Waals surface area contributed by atoms with Gasteiger partial charge >= 0.3 is 0 Å². The summed E-state index contributed by atoms with van der Waals surface area (Å²) in [6.07, 6.45) is 3.58. The number of nitrogens with zero attached hydrogens (tertiary/aromatic N) is 1. The summed E-state index contributed by atoms with van der Waals surface area (Å²) < 4.78 is 0. The van der Waals surface area contributed by atoms with Crippen molar-refractivity contribution in [3.63, 3.8) is 0 Å². The number of rotatable bonds is 6. The van der Waals surface area contributed by atoms with Crippen LogP contribution < -0.4 is 0 Å². The van der Waals surface area contributed by atoms with Gasteiger partial charge in [0.2, 0.25) is 0 Å². The third kappa shape index (κ3) is 4.63. The summed E-state index contributed by atoms with van der Waals surface area (Å²) in [7, 11) is 0. The molecule has 0 heterocycles. The lowest BCUT2D eigenvalue weighted by Crippen LogP contribution is -2.34. The standard InChI is InChI=1S/C11H23NO/c1-9(2)12(7-6-10(3)13)8-11-4-5-11/h9-11,13H,4-8H2,1-3H3. The average Bonchev–Trinajstić information content (AvgIpc) is 2.80. The number of aliphatic hydroxyl groups excluding tert-OH is 1. The largest absolute Gasteiger partial charge is 0.393 e. The fraction of sp³-hybridized carbons (Fsp3) is 1.00. The second kappa shape index (κ2) is 4.97. The molecule has 1 fully saturated rings. The van der Waals surface area contributed by atoms with Gasteiger partial charge in [0.1, 0.15) is 0 Å². The van der Waals surface area contributed by atoms with Gasteiger partial charge in [0, 0.05) is 19.1 Å². The first-order chi connectivity index (χ1) is 6.09. The van der Waals surface area contributed by atoms with Crippen LogP contribution in [-0.4, -0.2) is 35.2 Å². The van der Waals surface area contributed by atoms with E-state index in [9.17, 15) is 5.11 Å². The SMILES string of the molecule is CC(O)CCN(CC1CC1)C(C)C. The lowest BCUT2D eigenvalue weighted by atomic mass is 10.2. The highest BCUT2D eigenvalue weighted by Crippen LogP contribution is 2.30. The Morgan fingerprint density at radius 3 is 2.31 bits per heavy atom. The van der Waals surface area contributed by atoms with Gasteiger partial charge in [-0.3, -0.25) is 0 Å². The van der Waals surface area contributed by atoms with Gasteiger partial charge in [-0.2, -0.15) is 0 Å². The average molecular weight is 185 g/mol. The third-order valence-electron chi connectivity index (χ3n) is 2.75. The molecule has 0 bridgehead atoms.